The number of rotatable bonds is 5. The van der Waals surface area contributed by atoms with E-state index in [1.165, 1.54) is 12.1 Å². The van der Waals surface area contributed by atoms with Crippen molar-refractivity contribution in [2.75, 3.05) is 6.16 Å². The Balaban J connectivity index is 3.04. The molecule has 0 saturated heterocycles. The largest absolute Gasteiger partial charge is 0.507 e. The molecule has 106 valence electrons. The fourth-order valence-electron chi connectivity index (χ4n) is 1.70. The molecule has 19 heavy (non-hydrogen) atoms. The molecule has 1 aromatic rings. The number of aromatic carboxylic acids is 1. The lowest BCUT2D eigenvalue weighted by molar-refractivity contribution is 0.0693. The van der Waals surface area contributed by atoms with Crippen molar-refractivity contribution in [3.05, 3.63) is 29.3 Å². The van der Waals surface area contributed by atoms with Gasteiger partial charge in [0.05, 0.1) is 6.16 Å². The quantitative estimate of drug-likeness (QED) is 0.615. The van der Waals surface area contributed by atoms with Crippen LogP contribution in [0.25, 0.3) is 0 Å². The topological polar surface area (TPSA) is 115 Å². The molecule has 6 nitrogen and oxygen atoms in total. The number of hydrogen-bond acceptors (Lipinski definition) is 3. The van der Waals surface area contributed by atoms with Crippen LogP contribution in [0.2, 0.25) is 0 Å². The highest BCUT2D eigenvalue weighted by molar-refractivity contribution is 7.51. The monoisotopic (exact) mass is 288 g/mol. The van der Waals surface area contributed by atoms with E-state index in [1.807, 2.05) is 0 Å². The van der Waals surface area contributed by atoms with Crippen molar-refractivity contribution in [3.63, 3.8) is 0 Å². The van der Waals surface area contributed by atoms with Gasteiger partial charge in [-0.2, -0.15) is 0 Å². The van der Waals surface area contributed by atoms with E-state index in [2.05, 4.69) is 0 Å². The molecule has 0 spiro atoms. The van der Waals surface area contributed by atoms with Gasteiger partial charge in [0.15, 0.2) is 0 Å². The Morgan fingerprint density at radius 1 is 1.32 bits per heavy atom. The van der Waals surface area contributed by atoms with E-state index >= 15 is 0 Å². The molecule has 0 bridgehead atoms. The molecular weight excluding hydrogens is 271 g/mol. The zero-order valence-corrected chi connectivity index (χ0v) is 11.6. The lowest BCUT2D eigenvalue weighted by atomic mass is 9.81. The Kier molecular flexibility index (Phi) is 4.40. The van der Waals surface area contributed by atoms with Crippen molar-refractivity contribution in [2.45, 2.75) is 25.7 Å². The van der Waals surface area contributed by atoms with Crippen molar-refractivity contribution in [2.24, 2.45) is 0 Å². The standard InChI is InChI=1S/C12H17O6P/c1-12(2,5-6-19(16,17)18)8-3-4-10(13)9(7-8)11(14)15/h3-4,7,13H,5-6H2,1-2H3,(H,14,15)(H2,16,17,18). The maximum atomic E-state index is 10.9. The number of carboxylic acid groups (broad SMARTS) is 1. The number of phenols is 1. The van der Waals surface area contributed by atoms with Crippen LogP contribution in [0.15, 0.2) is 18.2 Å². The fourth-order valence-corrected chi connectivity index (χ4v) is 2.55. The zero-order chi connectivity index (χ0) is 14.8. The van der Waals surface area contributed by atoms with Crippen molar-refractivity contribution < 1.29 is 29.4 Å². The maximum Gasteiger partial charge on any atom is 0.339 e. The number of aromatic hydroxyl groups is 1. The Hall–Kier alpha value is -1.36. The number of carboxylic acids is 1. The smallest absolute Gasteiger partial charge is 0.339 e. The average Bonchev–Trinajstić information content (AvgIpc) is 2.25. The van der Waals surface area contributed by atoms with Crippen molar-refractivity contribution >= 4 is 13.6 Å². The number of carbonyl (C=O) groups is 1. The number of benzene rings is 1. The number of hydrogen-bond donors (Lipinski definition) is 4. The second-order valence-corrected chi connectivity index (χ2v) is 6.84. The predicted octanol–water partition coefficient (Wildman–Crippen LogP) is 1.94. The summed E-state index contributed by atoms with van der Waals surface area (Å²) >= 11 is 0. The Morgan fingerprint density at radius 3 is 2.37 bits per heavy atom. The second-order valence-electron chi connectivity index (χ2n) is 5.06. The molecule has 0 fully saturated rings. The third-order valence-electron chi connectivity index (χ3n) is 3.04. The van der Waals surface area contributed by atoms with Crippen LogP contribution in [-0.2, 0) is 9.98 Å². The summed E-state index contributed by atoms with van der Waals surface area (Å²) in [5, 5.41) is 18.4. The average molecular weight is 288 g/mol. The predicted molar refractivity (Wildman–Crippen MR) is 69.6 cm³/mol. The first-order chi connectivity index (χ1) is 8.53. The molecule has 0 atom stereocenters. The highest BCUT2D eigenvalue weighted by Gasteiger charge is 2.26. The summed E-state index contributed by atoms with van der Waals surface area (Å²) in [5.74, 6) is -1.58. The van der Waals surface area contributed by atoms with Gasteiger partial charge in [0.25, 0.3) is 0 Å². The molecule has 4 N–H and O–H groups in total. The van der Waals surface area contributed by atoms with Gasteiger partial charge in [0, 0.05) is 0 Å². The van der Waals surface area contributed by atoms with Gasteiger partial charge in [0.1, 0.15) is 11.3 Å². The van der Waals surface area contributed by atoms with Crippen LogP contribution < -0.4 is 0 Å². The summed E-state index contributed by atoms with van der Waals surface area (Å²) in [7, 11) is -4.09. The van der Waals surface area contributed by atoms with Gasteiger partial charge in [-0.15, -0.1) is 0 Å². The highest BCUT2D eigenvalue weighted by atomic mass is 31.2. The van der Waals surface area contributed by atoms with Crippen LogP contribution in [0.4, 0.5) is 0 Å². The van der Waals surface area contributed by atoms with E-state index in [4.69, 9.17) is 14.9 Å². The third-order valence-corrected chi connectivity index (χ3v) is 3.84. The Morgan fingerprint density at radius 2 is 1.89 bits per heavy atom. The molecule has 1 aromatic carbocycles. The van der Waals surface area contributed by atoms with Crippen LogP contribution in [0.1, 0.15) is 36.2 Å². The van der Waals surface area contributed by atoms with Gasteiger partial charge in [-0.25, -0.2) is 4.79 Å². The van der Waals surface area contributed by atoms with Crippen LogP contribution >= 0.6 is 7.60 Å². The first kappa shape index (κ1) is 15.7. The van der Waals surface area contributed by atoms with Gasteiger partial charge in [-0.3, -0.25) is 4.57 Å². The summed E-state index contributed by atoms with van der Waals surface area (Å²) < 4.78 is 10.9. The summed E-state index contributed by atoms with van der Waals surface area (Å²) in [6.07, 6.45) is -0.0651. The van der Waals surface area contributed by atoms with Crippen molar-refractivity contribution in [1.82, 2.24) is 0 Å². The van der Waals surface area contributed by atoms with Crippen molar-refractivity contribution in [3.8, 4) is 5.75 Å². The van der Waals surface area contributed by atoms with E-state index in [1.54, 1.807) is 19.9 Å². The first-order valence-corrected chi connectivity index (χ1v) is 7.44. The third kappa shape index (κ3) is 4.35. The summed E-state index contributed by atoms with van der Waals surface area (Å²) in [5.41, 5.74) is -0.211. The Labute approximate surface area is 110 Å². The molecule has 0 amide bonds. The van der Waals surface area contributed by atoms with Crippen LogP contribution in [0, 0.1) is 0 Å². The van der Waals surface area contributed by atoms with Gasteiger partial charge >= 0.3 is 13.6 Å². The minimum absolute atomic E-state index is 0.209. The second kappa shape index (κ2) is 5.33. The van der Waals surface area contributed by atoms with E-state index in [0.29, 0.717) is 5.56 Å². The molecule has 0 radical (unpaired) electrons. The lowest BCUT2D eigenvalue weighted by Gasteiger charge is -2.26. The highest BCUT2D eigenvalue weighted by Crippen LogP contribution is 2.40. The van der Waals surface area contributed by atoms with Crippen LogP contribution in [0.3, 0.4) is 0 Å². The van der Waals surface area contributed by atoms with Gasteiger partial charge in [0.2, 0.25) is 0 Å². The molecule has 0 saturated carbocycles. The summed E-state index contributed by atoms with van der Waals surface area (Å²) in [4.78, 5) is 28.7. The van der Waals surface area contributed by atoms with E-state index in [0.717, 1.165) is 0 Å². The molecule has 0 heterocycles. The SMILES string of the molecule is CC(C)(CCP(=O)(O)O)c1ccc(O)c(C(=O)O)c1. The minimum atomic E-state index is -4.09. The fraction of sp³-hybridized carbons (Fsp3) is 0.417. The van der Waals surface area contributed by atoms with Crippen LogP contribution in [-0.4, -0.2) is 32.1 Å². The maximum absolute atomic E-state index is 10.9. The zero-order valence-electron chi connectivity index (χ0n) is 10.7. The van der Waals surface area contributed by atoms with E-state index in [-0.39, 0.29) is 23.9 Å². The molecule has 0 unspecified atom stereocenters. The Bertz CT molecular complexity index is 531. The molecule has 7 heteroatoms. The van der Waals surface area contributed by atoms with Gasteiger partial charge < -0.3 is 20.0 Å². The molecule has 0 aromatic heterocycles. The molecule has 0 aliphatic heterocycles. The van der Waals surface area contributed by atoms with Gasteiger partial charge in [-0.1, -0.05) is 19.9 Å². The normalized spacial score (nSPS) is 12.4. The molecule has 1 rings (SSSR count). The van der Waals surface area contributed by atoms with E-state index < -0.39 is 19.0 Å². The summed E-state index contributed by atoms with van der Waals surface area (Å²) in [6, 6.07) is 4.16. The molecule has 0 aliphatic rings. The van der Waals surface area contributed by atoms with Crippen LogP contribution in [0.5, 0.6) is 5.75 Å². The van der Waals surface area contributed by atoms with E-state index in [9.17, 15) is 14.5 Å². The molecule has 0 aliphatic carbocycles. The van der Waals surface area contributed by atoms with Crippen molar-refractivity contribution in [1.29, 1.82) is 0 Å². The lowest BCUT2D eigenvalue weighted by Crippen LogP contribution is -2.19. The first-order valence-electron chi connectivity index (χ1n) is 5.64. The molecular formula is C12H17O6P. The summed E-state index contributed by atoms with van der Waals surface area (Å²) in [6.45, 7) is 3.53. The van der Waals surface area contributed by atoms with Gasteiger partial charge in [-0.05, 0) is 29.5 Å². The minimum Gasteiger partial charge on any atom is -0.507 e.